The first kappa shape index (κ1) is 11.4. The summed E-state index contributed by atoms with van der Waals surface area (Å²) in [4.78, 5) is 0. The van der Waals surface area contributed by atoms with Gasteiger partial charge in [0.1, 0.15) is 11.9 Å². The molecule has 16 heavy (non-hydrogen) atoms. The Morgan fingerprint density at radius 3 is 2.81 bits per heavy atom. The lowest BCUT2D eigenvalue weighted by molar-refractivity contribution is 0.0158. The zero-order valence-electron chi connectivity index (χ0n) is 9.86. The number of piperidine rings is 1. The third kappa shape index (κ3) is 2.54. The predicted octanol–water partition coefficient (Wildman–Crippen LogP) is 1.41. The highest BCUT2D eigenvalue weighted by Gasteiger charge is 2.24. The lowest BCUT2D eigenvalue weighted by Crippen LogP contribution is -2.47. The van der Waals surface area contributed by atoms with E-state index in [0.29, 0.717) is 6.54 Å². The molecule has 88 valence electrons. The van der Waals surface area contributed by atoms with Gasteiger partial charge in [0.05, 0.1) is 6.10 Å². The van der Waals surface area contributed by atoms with Crippen molar-refractivity contribution in [2.45, 2.75) is 32.5 Å². The number of hydrogen-bond donors (Lipinski definition) is 2. The van der Waals surface area contributed by atoms with Crippen LogP contribution in [0.2, 0.25) is 0 Å². The second-order valence-corrected chi connectivity index (χ2v) is 4.46. The fraction of sp³-hybridized carbons (Fsp3) is 0.538. The molecule has 3 nitrogen and oxygen atoms in total. The summed E-state index contributed by atoms with van der Waals surface area (Å²) < 4.78 is 5.79. The van der Waals surface area contributed by atoms with Gasteiger partial charge in [-0.2, -0.15) is 0 Å². The number of aliphatic hydroxyl groups excluding tert-OH is 1. The van der Waals surface area contributed by atoms with Crippen molar-refractivity contribution in [1.82, 2.24) is 5.32 Å². The van der Waals surface area contributed by atoms with Gasteiger partial charge >= 0.3 is 0 Å². The summed E-state index contributed by atoms with van der Waals surface area (Å²) in [5, 5.41) is 13.0. The maximum atomic E-state index is 9.79. The van der Waals surface area contributed by atoms with Crippen molar-refractivity contribution < 1.29 is 9.84 Å². The highest BCUT2D eigenvalue weighted by atomic mass is 16.5. The number of nitrogens with one attached hydrogen (secondary N) is 1. The van der Waals surface area contributed by atoms with Gasteiger partial charge in [0.15, 0.2) is 0 Å². The van der Waals surface area contributed by atoms with E-state index in [9.17, 15) is 5.11 Å². The molecule has 0 aromatic heterocycles. The van der Waals surface area contributed by atoms with Crippen LogP contribution in [0.15, 0.2) is 18.2 Å². The lowest BCUT2D eigenvalue weighted by Gasteiger charge is -2.29. The molecule has 1 aliphatic rings. The Morgan fingerprint density at radius 1 is 1.31 bits per heavy atom. The van der Waals surface area contributed by atoms with Crippen molar-refractivity contribution in [2.75, 3.05) is 13.1 Å². The first-order chi connectivity index (χ1) is 7.66. The minimum Gasteiger partial charge on any atom is -0.486 e. The van der Waals surface area contributed by atoms with Crippen molar-refractivity contribution in [3.05, 3.63) is 29.3 Å². The normalized spacial score (nSPS) is 25.4. The van der Waals surface area contributed by atoms with E-state index in [-0.39, 0.29) is 12.2 Å². The molecule has 0 radical (unpaired) electrons. The van der Waals surface area contributed by atoms with Crippen molar-refractivity contribution >= 4 is 0 Å². The van der Waals surface area contributed by atoms with Crippen LogP contribution in [0.5, 0.6) is 5.75 Å². The SMILES string of the molecule is Cc1ccc(O[C@H]2CNCC[C@@H]2O)cc1C. The van der Waals surface area contributed by atoms with Crippen LogP contribution in [0.1, 0.15) is 17.5 Å². The minimum absolute atomic E-state index is 0.129. The number of ether oxygens (including phenoxy) is 1. The molecule has 0 unspecified atom stereocenters. The summed E-state index contributed by atoms with van der Waals surface area (Å²) in [5.41, 5.74) is 2.48. The maximum absolute atomic E-state index is 9.79. The van der Waals surface area contributed by atoms with Crippen LogP contribution in [0, 0.1) is 13.8 Å². The van der Waals surface area contributed by atoms with Crippen molar-refractivity contribution in [3.8, 4) is 5.75 Å². The molecule has 1 saturated heterocycles. The Kier molecular flexibility index (Phi) is 3.46. The average molecular weight is 221 g/mol. The van der Waals surface area contributed by atoms with Gasteiger partial charge in [-0.25, -0.2) is 0 Å². The van der Waals surface area contributed by atoms with Crippen LogP contribution in [0.4, 0.5) is 0 Å². The Morgan fingerprint density at radius 2 is 2.12 bits per heavy atom. The first-order valence-corrected chi connectivity index (χ1v) is 5.79. The average Bonchev–Trinajstić information content (AvgIpc) is 2.27. The van der Waals surface area contributed by atoms with E-state index in [1.165, 1.54) is 11.1 Å². The molecule has 2 rings (SSSR count). The van der Waals surface area contributed by atoms with Crippen LogP contribution >= 0.6 is 0 Å². The fourth-order valence-corrected chi connectivity index (χ4v) is 1.90. The molecule has 0 aliphatic carbocycles. The van der Waals surface area contributed by atoms with Gasteiger partial charge in [-0.3, -0.25) is 0 Å². The molecule has 3 heteroatoms. The van der Waals surface area contributed by atoms with E-state index in [4.69, 9.17) is 4.74 Å². The Labute approximate surface area is 96.4 Å². The molecular formula is C13H19NO2. The molecular weight excluding hydrogens is 202 g/mol. The third-order valence-electron chi connectivity index (χ3n) is 3.16. The largest absolute Gasteiger partial charge is 0.486 e. The Hall–Kier alpha value is -1.06. The smallest absolute Gasteiger partial charge is 0.137 e. The van der Waals surface area contributed by atoms with E-state index < -0.39 is 0 Å². The van der Waals surface area contributed by atoms with E-state index >= 15 is 0 Å². The number of aliphatic hydroxyl groups is 1. The minimum atomic E-state index is -0.358. The van der Waals surface area contributed by atoms with Gasteiger partial charge < -0.3 is 15.2 Å². The van der Waals surface area contributed by atoms with Crippen molar-refractivity contribution in [2.24, 2.45) is 0 Å². The second-order valence-electron chi connectivity index (χ2n) is 4.46. The monoisotopic (exact) mass is 221 g/mol. The molecule has 1 aromatic rings. The lowest BCUT2D eigenvalue weighted by atomic mass is 10.1. The molecule has 2 N–H and O–H groups in total. The molecule has 0 bridgehead atoms. The van der Waals surface area contributed by atoms with Gasteiger partial charge in [0, 0.05) is 6.54 Å². The number of hydrogen-bond acceptors (Lipinski definition) is 3. The summed E-state index contributed by atoms with van der Waals surface area (Å²) in [6, 6.07) is 6.04. The number of benzene rings is 1. The van der Waals surface area contributed by atoms with E-state index in [2.05, 4.69) is 19.2 Å². The topological polar surface area (TPSA) is 41.5 Å². The molecule has 0 spiro atoms. The third-order valence-corrected chi connectivity index (χ3v) is 3.16. The summed E-state index contributed by atoms with van der Waals surface area (Å²) in [6.45, 7) is 5.73. The van der Waals surface area contributed by atoms with Gasteiger partial charge in [-0.15, -0.1) is 0 Å². The molecule has 1 aliphatic heterocycles. The van der Waals surface area contributed by atoms with Gasteiger partial charge in [-0.05, 0) is 50.1 Å². The number of aryl methyl sites for hydroxylation is 2. The van der Waals surface area contributed by atoms with Crippen LogP contribution in [-0.2, 0) is 0 Å². The quantitative estimate of drug-likeness (QED) is 0.793. The summed E-state index contributed by atoms with van der Waals surface area (Å²) in [7, 11) is 0. The fourth-order valence-electron chi connectivity index (χ4n) is 1.90. The zero-order chi connectivity index (χ0) is 11.5. The van der Waals surface area contributed by atoms with Gasteiger partial charge in [0.2, 0.25) is 0 Å². The highest BCUT2D eigenvalue weighted by Crippen LogP contribution is 2.19. The van der Waals surface area contributed by atoms with Crippen molar-refractivity contribution in [3.63, 3.8) is 0 Å². The number of rotatable bonds is 2. The Bertz CT molecular complexity index is 365. The predicted molar refractivity (Wildman–Crippen MR) is 63.8 cm³/mol. The first-order valence-electron chi connectivity index (χ1n) is 5.79. The molecule has 2 atom stereocenters. The molecule has 1 fully saturated rings. The van der Waals surface area contributed by atoms with E-state index in [0.717, 1.165) is 18.7 Å². The van der Waals surface area contributed by atoms with Crippen LogP contribution in [0.3, 0.4) is 0 Å². The molecule has 1 aromatic carbocycles. The molecule has 1 heterocycles. The maximum Gasteiger partial charge on any atom is 0.137 e. The zero-order valence-corrected chi connectivity index (χ0v) is 9.86. The summed E-state index contributed by atoms with van der Waals surface area (Å²) >= 11 is 0. The van der Waals surface area contributed by atoms with Crippen LogP contribution in [-0.4, -0.2) is 30.4 Å². The highest BCUT2D eigenvalue weighted by molar-refractivity contribution is 5.34. The summed E-state index contributed by atoms with van der Waals surface area (Å²) in [5.74, 6) is 0.843. The van der Waals surface area contributed by atoms with Crippen LogP contribution in [0.25, 0.3) is 0 Å². The Balaban J connectivity index is 2.05. The second kappa shape index (κ2) is 4.85. The van der Waals surface area contributed by atoms with E-state index in [1.54, 1.807) is 0 Å². The molecule has 0 amide bonds. The van der Waals surface area contributed by atoms with E-state index in [1.807, 2.05) is 18.2 Å². The van der Waals surface area contributed by atoms with Crippen LogP contribution < -0.4 is 10.1 Å². The molecule has 0 saturated carbocycles. The van der Waals surface area contributed by atoms with Gasteiger partial charge in [-0.1, -0.05) is 6.07 Å². The van der Waals surface area contributed by atoms with Crippen molar-refractivity contribution in [1.29, 1.82) is 0 Å². The van der Waals surface area contributed by atoms with Gasteiger partial charge in [0.25, 0.3) is 0 Å². The standard InChI is InChI=1S/C13H19NO2/c1-9-3-4-11(7-10(9)2)16-13-8-14-6-5-12(13)15/h3-4,7,12-15H,5-6,8H2,1-2H3/t12-,13-/m0/s1. The summed E-state index contributed by atoms with van der Waals surface area (Å²) in [6.07, 6.45) is 0.272.